The number of methoxy groups -OCH3 is 1. The summed E-state index contributed by atoms with van der Waals surface area (Å²) in [6, 6.07) is 12.9. The molecule has 0 spiro atoms. The maximum atomic E-state index is 14.4. The zero-order valence-corrected chi connectivity index (χ0v) is 41.5. The van der Waals surface area contributed by atoms with Crippen LogP contribution >= 0.6 is 0 Å². The molecule has 23 nitrogen and oxygen atoms in total. The minimum atomic E-state index is -1.68. The van der Waals surface area contributed by atoms with Gasteiger partial charge in [-0.15, -0.1) is 0 Å². The second kappa shape index (κ2) is 25.4. The highest BCUT2D eigenvalue weighted by Gasteiger charge is 2.46. The first-order valence-electron chi connectivity index (χ1n) is 24.6. The minimum absolute atomic E-state index is 0.0218. The molecular weight excluding hydrogens is 965 g/mol. The summed E-state index contributed by atoms with van der Waals surface area (Å²) in [6.45, 7) is 1.66. The standard InChI is InChI=1S/C51H68N8O15/c1-26(12-13-28-14-15-38(63)41(20-28)73-3)46(67)57-43(39(64)16-18-54-51(72)74-25-35-33-10-6-4-8-31(33)32-9-5-7-11-34(32)35)50(71)58-19-17-40(65)44(58)48(69)55-23-29(61)21-36(52)47(68)56-42(27(2)60)49(70)59-24-30(62)22-37(59)45(53)66/h4-11,14-15,20,26-27,29-30,35-37,39-40,42-44,60-65H,12-13,16-19,21-25,52H2,1-3H3,(H2,53,66)(H,54,72)(H,55,69)(H,56,68)(H,57,67)/t26-,27+,29+,30+,36-,37-,39+,40-,42-,43-,44-/m0/s1. The van der Waals surface area contributed by atoms with Crippen LogP contribution in [0.3, 0.4) is 0 Å². The number of hydrogen-bond donors (Lipinski definition) is 12. The number of likely N-dealkylation sites (tertiary alicyclic amines) is 2. The van der Waals surface area contributed by atoms with Gasteiger partial charge < -0.3 is 82.6 Å². The Morgan fingerprint density at radius 2 is 1.46 bits per heavy atom. The molecule has 23 heteroatoms. The number of carbonyl (C=O) groups excluding carboxylic acids is 7. The Hall–Kier alpha value is -6.89. The van der Waals surface area contributed by atoms with Crippen LogP contribution in [0.1, 0.15) is 68.6 Å². The highest BCUT2D eigenvalue weighted by molar-refractivity contribution is 5.95. The molecule has 3 aliphatic rings. The summed E-state index contributed by atoms with van der Waals surface area (Å²) in [4.78, 5) is 95.2. The molecule has 0 aromatic heterocycles. The number of β-amino-alcohol motifs (C(OH)–C–C–N with tert-alkyl or cyclic N) is 1. The van der Waals surface area contributed by atoms with Crippen LogP contribution in [0.5, 0.6) is 11.5 Å². The van der Waals surface area contributed by atoms with Gasteiger partial charge in [-0.25, -0.2) is 4.79 Å². The lowest BCUT2D eigenvalue weighted by Crippen LogP contribution is -2.60. The van der Waals surface area contributed by atoms with Gasteiger partial charge >= 0.3 is 6.09 Å². The zero-order chi connectivity index (χ0) is 54.0. The molecule has 0 bridgehead atoms. The topological polar surface area (TPSA) is 366 Å². The Kier molecular flexibility index (Phi) is 19.3. The number of alkyl carbamates (subject to hydrolysis) is 1. The molecule has 14 N–H and O–H groups in total. The third-order valence-corrected chi connectivity index (χ3v) is 13.8. The Balaban J connectivity index is 1.07. The summed E-state index contributed by atoms with van der Waals surface area (Å²) < 4.78 is 10.8. The Morgan fingerprint density at radius 1 is 0.824 bits per heavy atom. The van der Waals surface area contributed by atoms with Crippen molar-refractivity contribution in [2.75, 3.05) is 39.9 Å². The molecule has 3 aromatic carbocycles. The monoisotopic (exact) mass is 1030 g/mol. The molecule has 3 aromatic rings. The van der Waals surface area contributed by atoms with Crippen LogP contribution < -0.4 is 37.5 Å². The van der Waals surface area contributed by atoms with Crippen molar-refractivity contribution < 1.29 is 73.7 Å². The fraction of sp³-hybridized carbons (Fsp3) is 0.510. The smallest absolute Gasteiger partial charge is 0.407 e. The second-order valence-corrected chi connectivity index (χ2v) is 19.1. The quantitative estimate of drug-likeness (QED) is 0.0499. The van der Waals surface area contributed by atoms with Crippen molar-refractivity contribution >= 4 is 41.5 Å². The number of benzene rings is 3. The number of aromatic hydroxyl groups is 1. The summed E-state index contributed by atoms with van der Waals surface area (Å²) in [7, 11) is 1.40. The molecular formula is C51H68N8O15. The summed E-state index contributed by atoms with van der Waals surface area (Å²) >= 11 is 0. The van der Waals surface area contributed by atoms with Crippen LogP contribution in [-0.4, -0.2) is 183 Å². The number of nitrogens with zero attached hydrogens (tertiary/aromatic N) is 2. The van der Waals surface area contributed by atoms with E-state index in [0.717, 1.165) is 37.6 Å². The van der Waals surface area contributed by atoms with Crippen molar-refractivity contribution in [3.63, 3.8) is 0 Å². The number of hydrogen-bond acceptors (Lipinski definition) is 16. The lowest BCUT2D eigenvalue weighted by atomic mass is 9.98. The van der Waals surface area contributed by atoms with Gasteiger partial charge in [-0.1, -0.05) is 61.5 Å². The number of carbonyl (C=O) groups is 7. The molecule has 2 heterocycles. The van der Waals surface area contributed by atoms with E-state index in [-0.39, 0.29) is 69.3 Å². The van der Waals surface area contributed by atoms with E-state index in [2.05, 4.69) is 21.3 Å². The maximum Gasteiger partial charge on any atom is 0.407 e. The maximum absolute atomic E-state index is 14.4. The van der Waals surface area contributed by atoms with Crippen LogP contribution in [0.25, 0.3) is 11.1 Å². The van der Waals surface area contributed by atoms with Crippen molar-refractivity contribution in [1.82, 2.24) is 31.1 Å². The lowest BCUT2D eigenvalue weighted by Gasteiger charge is -2.32. The number of primary amides is 1. The van der Waals surface area contributed by atoms with Gasteiger partial charge in [0.15, 0.2) is 11.5 Å². The number of aliphatic hydroxyl groups excluding tert-OH is 5. The third-order valence-electron chi connectivity index (χ3n) is 13.8. The molecule has 0 radical (unpaired) electrons. The summed E-state index contributed by atoms with van der Waals surface area (Å²) in [5, 5.41) is 73.9. The number of fused-ring (bicyclic) bond motifs is 3. The van der Waals surface area contributed by atoms with Crippen LogP contribution in [0.2, 0.25) is 0 Å². The Morgan fingerprint density at radius 3 is 2.09 bits per heavy atom. The highest BCUT2D eigenvalue weighted by atomic mass is 16.5. The Bertz CT molecular complexity index is 2470. The van der Waals surface area contributed by atoms with Crippen LogP contribution in [-0.2, 0) is 39.9 Å². The molecule has 0 unspecified atom stereocenters. The van der Waals surface area contributed by atoms with Gasteiger partial charge in [0.2, 0.25) is 35.4 Å². The van der Waals surface area contributed by atoms with E-state index in [1.54, 1.807) is 19.1 Å². The van der Waals surface area contributed by atoms with Crippen molar-refractivity contribution in [2.24, 2.45) is 17.4 Å². The van der Waals surface area contributed by atoms with E-state index in [0.29, 0.717) is 6.42 Å². The van der Waals surface area contributed by atoms with Gasteiger partial charge in [0.25, 0.3) is 0 Å². The minimum Gasteiger partial charge on any atom is -0.504 e. The molecule has 402 valence electrons. The third kappa shape index (κ3) is 13.6. The van der Waals surface area contributed by atoms with Gasteiger partial charge in [0.1, 0.15) is 30.8 Å². The largest absolute Gasteiger partial charge is 0.504 e. The van der Waals surface area contributed by atoms with E-state index < -0.39 is 121 Å². The number of ether oxygens (including phenoxy) is 2. The molecule has 11 atom stereocenters. The molecule has 1 aliphatic carbocycles. The number of nitrogens with one attached hydrogen (secondary N) is 4. The number of aryl methyl sites for hydroxylation is 1. The van der Waals surface area contributed by atoms with E-state index >= 15 is 0 Å². The first kappa shape index (κ1) is 56.4. The molecule has 7 amide bonds. The molecule has 6 rings (SSSR count). The van der Waals surface area contributed by atoms with E-state index in [9.17, 15) is 64.2 Å². The number of rotatable bonds is 23. The first-order chi connectivity index (χ1) is 35.2. The fourth-order valence-corrected chi connectivity index (χ4v) is 9.63. The fourth-order valence-electron chi connectivity index (χ4n) is 9.63. The molecule has 2 aliphatic heterocycles. The predicted octanol–water partition coefficient (Wildman–Crippen LogP) is -1.79. The average molecular weight is 1030 g/mol. The first-order valence-corrected chi connectivity index (χ1v) is 24.6. The van der Waals surface area contributed by atoms with Crippen molar-refractivity contribution in [1.29, 1.82) is 0 Å². The SMILES string of the molecule is COc1cc(CC[C@H](C)C(=O)N[C@H](C(=O)N2CC[C@H](O)[C@H]2C(=O)NC[C@H](O)C[C@H](N)C(=O)N[C@H](C(=O)N2C[C@H](O)C[C@H]2C(N)=O)[C@@H](C)O)[C@H](O)CCNC(=O)OCC2c3ccccc3-c3ccccc32)ccc1O. The summed E-state index contributed by atoms with van der Waals surface area (Å²) in [6.07, 6.45) is -8.23. The number of amides is 7. The zero-order valence-electron chi connectivity index (χ0n) is 41.5. The number of phenols is 1. The predicted molar refractivity (Wildman–Crippen MR) is 264 cm³/mol. The number of aliphatic hydroxyl groups is 5. The normalized spacial score (nSPS) is 20.9. The highest BCUT2D eigenvalue weighted by Crippen LogP contribution is 2.44. The van der Waals surface area contributed by atoms with E-state index in [1.807, 2.05) is 48.5 Å². The lowest BCUT2D eigenvalue weighted by molar-refractivity contribution is -0.146. The van der Waals surface area contributed by atoms with Crippen molar-refractivity contribution in [2.45, 2.75) is 119 Å². The van der Waals surface area contributed by atoms with E-state index in [1.165, 1.54) is 20.1 Å². The van der Waals surface area contributed by atoms with Gasteiger partial charge in [-0.05, 0) is 79.0 Å². The van der Waals surface area contributed by atoms with Crippen molar-refractivity contribution in [3.8, 4) is 22.6 Å². The number of nitrogens with two attached hydrogens (primary N) is 2. The Labute approximate surface area is 427 Å². The van der Waals surface area contributed by atoms with Gasteiger partial charge in [0, 0.05) is 44.4 Å². The van der Waals surface area contributed by atoms with Crippen molar-refractivity contribution in [3.05, 3.63) is 83.4 Å². The van der Waals surface area contributed by atoms with Crippen LogP contribution in [0, 0.1) is 5.92 Å². The molecule has 0 saturated carbocycles. The number of phenolic OH excluding ortho intramolecular Hbond substituents is 1. The van der Waals surface area contributed by atoms with Gasteiger partial charge in [-0.3, -0.25) is 28.8 Å². The molecule has 74 heavy (non-hydrogen) atoms. The second-order valence-electron chi connectivity index (χ2n) is 19.1. The molecule has 2 fully saturated rings. The summed E-state index contributed by atoms with van der Waals surface area (Å²) in [5.74, 6) is -6.02. The van der Waals surface area contributed by atoms with Crippen LogP contribution in [0.15, 0.2) is 66.7 Å². The summed E-state index contributed by atoms with van der Waals surface area (Å²) in [5.41, 5.74) is 16.3. The average Bonchev–Trinajstić information content (AvgIpc) is 4.07. The van der Waals surface area contributed by atoms with Gasteiger partial charge in [-0.2, -0.15) is 0 Å². The van der Waals surface area contributed by atoms with Crippen LogP contribution in [0.4, 0.5) is 4.79 Å². The molecule has 2 saturated heterocycles. The van der Waals surface area contributed by atoms with E-state index in [4.69, 9.17) is 20.9 Å². The van der Waals surface area contributed by atoms with Gasteiger partial charge in [0.05, 0.1) is 43.7 Å².